The molecule has 3 aromatic rings. The van der Waals surface area contributed by atoms with E-state index in [0.717, 1.165) is 57.1 Å². The molecule has 0 aromatic heterocycles. The van der Waals surface area contributed by atoms with Gasteiger partial charge in [0.05, 0.1) is 10.9 Å². The van der Waals surface area contributed by atoms with Crippen LogP contribution in [0.25, 0.3) is 21.9 Å². The number of unbranched alkanes of at least 4 members (excludes halogenated alkanes) is 1. The third-order valence-electron chi connectivity index (χ3n) is 7.09. The van der Waals surface area contributed by atoms with Crippen LogP contribution in [0, 0.1) is 29.2 Å². The van der Waals surface area contributed by atoms with E-state index in [-0.39, 0.29) is 16.9 Å². The SMILES string of the molecule is CCCCC1CCC(c2cc(F)c(-c3cc(F)c4c(F)c(OS(=O)(=O)C(F)(F)F)ccc4c3)c(F)c2)CC1. The molecule has 0 unspecified atom stereocenters. The zero-order valence-electron chi connectivity index (χ0n) is 20.3. The number of halogens is 7. The fourth-order valence-corrected chi connectivity index (χ4v) is 5.57. The van der Waals surface area contributed by atoms with Crippen molar-refractivity contribution in [2.24, 2.45) is 5.92 Å². The van der Waals surface area contributed by atoms with E-state index in [1.54, 1.807) is 0 Å². The molecule has 0 N–H and O–H groups in total. The summed E-state index contributed by atoms with van der Waals surface area (Å²) in [6, 6.07) is 5.59. The molecule has 38 heavy (non-hydrogen) atoms. The van der Waals surface area contributed by atoms with E-state index in [9.17, 15) is 30.4 Å². The van der Waals surface area contributed by atoms with E-state index in [1.807, 2.05) is 0 Å². The van der Waals surface area contributed by atoms with Crippen LogP contribution >= 0.6 is 0 Å². The molecule has 4 rings (SSSR count). The van der Waals surface area contributed by atoms with Crippen LogP contribution in [0.4, 0.5) is 30.7 Å². The van der Waals surface area contributed by atoms with Crippen molar-refractivity contribution in [2.45, 2.75) is 63.3 Å². The zero-order chi connectivity index (χ0) is 27.8. The first-order valence-electron chi connectivity index (χ1n) is 12.2. The maximum atomic E-state index is 15.1. The first-order chi connectivity index (χ1) is 17.8. The predicted molar refractivity (Wildman–Crippen MR) is 129 cm³/mol. The summed E-state index contributed by atoms with van der Waals surface area (Å²) in [5.74, 6) is -5.68. The van der Waals surface area contributed by atoms with Crippen molar-refractivity contribution in [1.29, 1.82) is 0 Å². The van der Waals surface area contributed by atoms with Gasteiger partial charge in [-0.15, -0.1) is 0 Å². The molecule has 0 saturated heterocycles. The molecule has 0 radical (unpaired) electrons. The smallest absolute Gasteiger partial charge is 0.373 e. The summed E-state index contributed by atoms with van der Waals surface area (Å²) >= 11 is 0. The molecular formula is C27H25F7O3S. The van der Waals surface area contributed by atoms with E-state index in [0.29, 0.717) is 23.6 Å². The first-order valence-corrected chi connectivity index (χ1v) is 13.6. The number of rotatable bonds is 7. The number of fused-ring (bicyclic) bond motifs is 1. The minimum absolute atomic E-state index is 0.000222. The minimum Gasteiger partial charge on any atom is -0.373 e. The summed E-state index contributed by atoms with van der Waals surface area (Å²) in [4.78, 5) is 0. The second kappa shape index (κ2) is 10.7. The quantitative estimate of drug-likeness (QED) is 0.164. The van der Waals surface area contributed by atoms with E-state index >= 15 is 8.78 Å². The highest BCUT2D eigenvalue weighted by Gasteiger charge is 2.49. The molecule has 206 valence electrons. The van der Waals surface area contributed by atoms with Crippen LogP contribution in [0.3, 0.4) is 0 Å². The summed E-state index contributed by atoms with van der Waals surface area (Å²) < 4.78 is 124. The maximum Gasteiger partial charge on any atom is 0.534 e. The lowest BCUT2D eigenvalue weighted by Crippen LogP contribution is -2.28. The van der Waals surface area contributed by atoms with Gasteiger partial charge in [0.2, 0.25) is 0 Å². The number of hydrogen-bond acceptors (Lipinski definition) is 3. The Bertz CT molecular complexity index is 1420. The van der Waals surface area contributed by atoms with Gasteiger partial charge in [0.15, 0.2) is 11.6 Å². The molecule has 3 aromatic carbocycles. The largest absolute Gasteiger partial charge is 0.534 e. The molecule has 0 atom stereocenters. The van der Waals surface area contributed by atoms with Gasteiger partial charge < -0.3 is 4.18 Å². The molecule has 1 saturated carbocycles. The Balaban J connectivity index is 1.64. The van der Waals surface area contributed by atoms with Gasteiger partial charge in [-0.1, -0.05) is 32.3 Å². The Kier molecular flexibility index (Phi) is 7.97. The molecule has 0 spiro atoms. The molecular weight excluding hydrogens is 537 g/mol. The van der Waals surface area contributed by atoms with Crippen molar-refractivity contribution < 1.29 is 43.3 Å². The Morgan fingerprint density at radius 2 is 1.53 bits per heavy atom. The van der Waals surface area contributed by atoms with Crippen molar-refractivity contribution in [2.75, 3.05) is 0 Å². The fourth-order valence-electron chi connectivity index (χ4n) is 5.11. The van der Waals surface area contributed by atoms with Crippen LogP contribution in [0.1, 0.15) is 63.4 Å². The summed E-state index contributed by atoms with van der Waals surface area (Å²) in [7, 11) is -6.20. The van der Waals surface area contributed by atoms with Gasteiger partial charge in [0.1, 0.15) is 17.5 Å². The van der Waals surface area contributed by atoms with Crippen LogP contribution in [0.15, 0.2) is 36.4 Å². The molecule has 0 amide bonds. The molecule has 0 aliphatic heterocycles. The van der Waals surface area contributed by atoms with Gasteiger partial charge in [-0.25, -0.2) is 17.6 Å². The molecule has 1 aliphatic rings. The molecule has 0 heterocycles. The summed E-state index contributed by atoms with van der Waals surface area (Å²) in [5, 5.41) is -1.15. The maximum absolute atomic E-state index is 15.1. The fraction of sp³-hybridized carbons (Fsp3) is 0.407. The molecule has 3 nitrogen and oxygen atoms in total. The molecule has 1 fully saturated rings. The summed E-state index contributed by atoms with van der Waals surface area (Å²) in [6.07, 6.45) is 7.00. The van der Waals surface area contributed by atoms with Gasteiger partial charge >= 0.3 is 15.6 Å². The minimum atomic E-state index is -6.20. The van der Waals surface area contributed by atoms with Crippen LogP contribution in [-0.2, 0) is 10.1 Å². The average molecular weight is 563 g/mol. The summed E-state index contributed by atoms with van der Waals surface area (Å²) in [6.45, 7) is 2.13. The van der Waals surface area contributed by atoms with E-state index in [4.69, 9.17) is 0 Å². The van der Waals surface area contributed by atoms with Gasteiger partial charge in [-0.2, -0.15) is 21.6 Å². The third kappa shape index (κ3) is 5.62. The predicted octanol–water partition coefficient (Wildman–Crippen LogP) is 8.76. The van der Waals surface area contributed by atoms with Gasteiger partial charge in [0.25, 0.3) is 0 Å². The molecule has 1 aliphatic carbocycles. The van der Waals surface area contributed by atoms with Crippen LogP contribution in [0.2, 0.25) is 0 Å². The normalized spacial score (nSPS) is 18.6. The lowest BCUT2D eigenvalue weighted by atomic mass is 9.77. The third-order valence-corrected chi connectivity index (χ3v) is 8.06. The highest BCUT2D eigenvalue weighted by molar-refractivity contribution is 7.88. The lowest BCUT2D eigenvalue weighted by Gasteiger charge is -2.29. The van der Waals surface area contributed by atoms with Gasteiger partial charge in [-0.05, 0) is 84.4 Å². The van der Waals surface area contributed by atoms with E-state index in [2.05, 4.69) is 11.1 Å². The van der Waals surface area contributed by atoms with E-state index < -0.39 is 55.6 Å². The monoisotopic (exact) mass is 562 g/mol. The average Bonchev–Trinajstić information content (AvgIpc) is 2.83. The second-order valence-electron chi connectivity index (χ2n) is 9.64. The van der Waals surface area contributed by atoms with Crippen LogP contribution < -0.4 is 4.18 Å². The van der Waals surface area contributed by atoms with Crippen molar-refractivity contribution in [3.63, 3.8) is 0 Å². The van der Waals surface area contributed by atoms with Crippen LogP contribution in [0.5, 0.6) is 5.75 Å². The van der Waals surface area contributed by atoms with Crippen molar-refractivity contribution in [3.05, 3.63) is 65.2 Å². The van der Waals surface area contributed by atoms with E-state index in [1.165, 1.54) is 12.1 Å². The van der Waals surface area contributed by atoms with Crippen LogP contribution in [-0.4, -0.2) is 13.9 Å². The number of benzene rings is 3. The Morgan fingerprint density at radius 3 is 2.11 bits per heavy atom. The lowest BCUT2D eigenvalue weighted by molar-refractivity contribution is -0.0500. The number of alkyl halides is 3. The standard InChI is InChI=1S/C27H25F7O3S/c1-2-3-4-15-5-7-16(8-6-15)18-12-20(28)24(21(29)13-18)19-11-17-9-10-23(26(31)25(17)22(30)14-19)37-38(35,36)27(32,33)34/h9-16H,2-8H2,1H3. The molecule has 0 bridgehead atoms. The number of hydrogen-bond donors (Lipinski definition) is 0. The highest BCUT2D eigenvalue weighted by atomic mass is 32.2. The van der Waals surface area contributed by atoms with Crippen molar-refractivity contribution in [3.8, 4) is 16.9 Å². The molecule has 11 heteroatoms. The second-order valence-corrected chi connectivity index (χ2v) is 11.2. The van der Waals surface area contributed by atoms with Crippen molar-refractivity contribution in [1.82, 2.24) is 0 Å². The van der Waals surface area contributed by atoms with Gasteiger partial charge in [-0.3, -0.25) is 0 Å². The Morgan fingerprint density at radius 1 is 0.895 bits per heavy atom. The Hall–Kier alpha value is -2.82. The zero-order valence-corrected chi connectivity index (χ0v) is 21.2. The Labute approximate surface area is 215 Å². The summed E-state index contributed by atoms with van der Waals surface area (Å²) in [5.41, 5.74) is -6.10. The van der Waals surface area contributed by atoms with Crippen molar-refractivity contribution >= 4 is 20.9 Å². The first kappa shape index (κ1) is 28.2. The van der Waals surface area contributed by atoms with Gasteiger partial charge in [0, 0.05) is 0 Å². The highest BCUT2D eigenvalue weighted by Crippen LogP contribution is 2.41. The topological polar surface area (TPSA) is 43.4 Å².